The molecule has 0 aliphatic rings. The lowest BCUT2D eigenvalue weighted by molar-refractivity contribution is -0.137. The molecular weight excluding hydrogens is 169 g/mol. The van der Waals surface area contributed by atoms with E-state index in [9.17, 15) is 13.2 Å². The highest BCUT2D eigenvalue weighted by atomic mass is 19.4. The van der Waals surface area contributed by atoms with Crippen molar-refractivity contribution >= 4 is 0 Å². The molecule has 0 saturated carbocycles. The van der Waals surface area contributed by atoms with Gasteiger partial charge < -0.3 is 0 Å². The second kappa shape index (κ2) is 4.34. The topological polar surface area (TPSA) is 47.6 Å². The summed E-state index contributed by atoms with van der Waals surface area (Å²) in [6, 6.07) is 6.36. The van der Waals surface area contributed by atoms with Crippen molar-refractivity contribution in [1.82, 2.24) is 0 Å². The van der Waals surface area contributed by atoms with Crippen molar-refractivity contribution in [2.24, 2.45) is 0 Å². The highest BCUT2D eigenvalue weighted by Crippen LogP contribution is 2.28. The lowest BCUT2D eigenvalue weighted by atomic mass is 10.2. The normalized spacial score (nSPS) is 9.75. The minimum absolute atomic E-state index is 0.602. The van der Waals surface area contributed by atoms with E-state index in [0.717, 1.165) is 12.1 Å². The maximum Gasteiger partial charge on any atom is 0.416 e. The molecule has 64 valence electrons. The summed E-state index contributed by atoms with van der Waals surface area (Å²) < 4.78 is 35.4. The molecule has 12 heavy (non-hydrogen) atoms. The molecule has 1 aromatic carbocycles. The summed E-state index contributed by atoms with van der Waals surface area (Å²) >= 11 is 0. The molecule has 0 saturated heterocycles. The largest absolute Gasteiger partial charge is 0.416 e. The Hall–Kier alpha value is -1.57. The SMILES string of the molecule is FC(F)(F)c1ccccc1.N#N. The highest BCUT2D eigenvalue weighted by molar-refractivity contribution is 5.17. The van der Waals surface area contributed by atoms with Crippen molar-refractivity contribution in [2.45, 2.75) is 6.18 Å². The Morgan fingerprint density at radius 3 is 1.58 bits per heavy atom. The van der Waals surface area contributed by atoms with Crippen LogP contribution in [0, 0.1) is 10.8 Å². The zero-order valence-corrected chi connectivity index (χ0v) is 5.92. The van der Waals surface area contributed by atoms with E-state index in [1.165, 1.54) is 12.1 Å². The Morgan fingerprint density at radius 2 is 1.33 bits per heavy atom. The first kappa shape index (κ1) is 10.4. The van der Waals surface area contributed by atoms with Crippen LogP contribution in [0.1, 0.15) is 5.56 Å². The van der Waals surface area contributed by atoms with Gasteiger partial charge in [0.25, 0.3) is 0 Å². The molecule has 0 spiro atoms. The van der Waals surface area contributed by atoms with E-state index in [2.05, 4.69) is 0 Å². The van der Waals surface area contributed by atoms with Crippen LogP contribution in [0.4, 0.5) is 13.2 Å². The molecule has 2 nitrogen and oxygen atoms in total. The summed E-state index contributed by atoms with van der Waals surface area (Å²) in [5, 5.41) is 12.0. The number of alkyl halides is 3. The molecule has 1 aromatic rings. The number of halogens is 3. The Bertz CT molecular complexity index is 240. The molecule has 0 bridgehead atoms. The van der Waals surface area contributed by atoms with Crippen LogP contribution in [0.25, 0.3) is 0 Å². The number of hydrogen-bond donors (Lipinski definition) is 0. The van der Waals surface area contributed by atoms with Crippen molar-refractivity contribution in [3.8, 4) is 0 Å². The monoisotopic (exact) mass is 174 g/mol. The second-order valence-electron chi connectivity index (χ2n) is 1.86. The van der Waals surface area contributed by atoms with E-state index in [-0.39, 0.29) is 0 Å². The van der Waals surface area contributed by atoms with Gasteiger partial charge >= 0.3 is 6.18 Å². The van der Waals surface area contributed by atoms with E-state index < -0.39 is 11.7 Å². The molecule has 0 aliphatic carbocycles. The maximum atomic E-state index is 11.8. The number of hydrogen-bond acceptors (Lipinski definition) is 2. The average Bonchev–Trinajstić information content (AvgIpc) is 2.08. The van der Waals surface area contributed by atoms with Gasteiger partial charge in [-0.25, -0.2) is 0 Å². The van der Waals surface area contributed by atoms with Crippen LogP contribution in [-0.2, 0) is 6.18 Å². The van der Waals surface area contributed by atoms with Crippen LogP contribution >= 0.6 is 0 Å². The van der Waals surface area contributed by atoms with Crippen LogP contribution in [0.5, 0.6) is 0 Å². The van der Waals surface area contributed by atoms with E-state index in [0.29, 0.717) is 0 Å². The maximum absolute atomic E-state index is 11.8. The van der Waals surface area contributed by atoms with Crippen molar-refractivity contribution < 1.29 is 13.2 Å². The van der Waals surface area contributed by atoms with Gasteiger partial charge in [0.15, 0.2) is 0 Å². The lowest BCUT2D eigenvalue weighted by Gasteiger charge is -2.03. The van der Waals surface area contributed by atoms with E-state index >= 15 is 0 Å². The summed E-state index contributed by atoms with van der Waals surface area (Å²) in [5.41, 5.74) is -0.602. The molecule has 0 aliphatic heterocycles. The average molecular weight is 174 g/mol. The Labute approximate surface area is 67.0 Å². The van der Waals surface area contributed by atoms with Crippen LogP contribution < -0.4 is 0 Å². The number of rotatable bonds is 0. The molecule has 0 fully saturated rings. The van der Waals surface area contributed by atoms with Crippen LogP contribution in [0.2, 0.25) is 0 Å². The number of nitrogens with zero attached hydrogens (tertiary/aromatic N) is 2. The molecule has 0 heterocycles. The third-order valence-electron chi connectivity index (χ3n) is 1.10. The zero-order chi connectivity index (χ0) is 9.61. The van der Waals surface area contributed by atoms with Crippen LogP contribution in [0.3, 0.4) is 0 Å². The minimum atomic E-state index is -4.21. The fourth-order valence-electron chi connectivity index (χ4n) is 0.627. The molecule has 0 N–H and O–H groups in total. The lowest BCUT2D eigenvalue weighted by Crippen LogP contribution is -2.03. The van der Waals surface area contributed by atoms with Gasteiger partial charge in [0, 0.05) is 10.8 Å². The first-order valence-corrected chi connectivity index (χ1v) is 2.93. The fourth-order valence-corrected chi connectivity index (χ4v) is 0.627. The van der Waals surface area contributed by atoms with Gasteiger partial charge in [-0.1, -0.05) is 30.3 Å². The highest BCUT2D eigenvalue weighted by Gasteiger charge is 2.29. The third kappa shape index (κ3) is 3.01. The Balaban J connectivity index is 0.000000561. The third-order valence-corrected chi connectivity index (χ3v) is 1.10. The predicted molar refractivity (Wildman–Crippen MR) is 34.9 cm³/mol. The van der Waals surface area contributed by atoms with Gasteiger partial charge in [-0.3, -0.25) is 0 Å². The summed E-state index contributed by atoms with van der Waals surface area (Å²) in [6.07, 6.45) is -4.21. The molecule has 0 unspecified atom stereocenters. The summed E-state index contributed by atoms with van der Waals surface area (Å²) in [6.45, 7) is 0. The molecule has 0 radical (unpaired) electrons. The summed E-state index contributed by atoms with van der Waals surface area (Å²) in [4.78, 5) is 0. The molecule has 0 amide bonds. The Morgan fingerprint density at radius 1 is 0.917 bits per heavy atom. The molecule has 5 heteroatoms. The van der Waals surface area contributed by atoms with Crippen LogP contribution in [-0.4, -0.2) is 0 Å². The van der Waals surface area contributed by atoms with Gasteiger partial charge in [0.1, 0.15) is 0 Å². The van der Waals surface area contributed by atoms with Gasteiger partial charge in [-0.05, 0) is 0 Å². The predicted octanol–water partition coefficient (Wildman–Crippen LogP) is 2.74. The van der Waals surface area contributed by atoms with E-state index in [4.69, 9.17) is 10.8 Å². The number of benzene rings is 1. The van der Waals surface area contributed by atoms with Gasteiger partial charge in [-0.2, -0.15) is 13.2 Å². The molecule has 0 aromatic heterocycles. The molecule has 1 rings (SSSR count). The smallest absolute Gasteiger partial charge is 0.166 e. The van der Waals surface area contributed by atoms with Crippen molar-refractivity contribution in [2.75, 3.05) is 0 Å². The quantitative estimate of drug-likeness (QED) is 0.567. The summed E-state index contributed by atoms with van der Waals surface area (Å²) in [7, 11) is 0. The first-order valence-electron chi connectivity index (χ1n) is 2.93. The molecular formula is C7H5F3N2. The summed E-state index contributed by atoms with van der Waals surface area (Å²) in [5.74, 6) is 0. The van der Waals surface area contributed by atoms with Gasteiger partial charge in [-0.15, -0.1) is 0 Å². The molecule has 0 atom stereocenters. The van der Waals surface area contributed by atoms with E-state index in [1.807, 2.05) is 0 Å². The van der Waals surface area contributed by atoms with Crippen LogP contribution in [0.15, 0.2) is 30.3 Å². The van der Waals surface area contributed by atoms with Crippen molar-refractivity contribution in [3.05, 3.63) is 35.9 Å². The second-order valence-corrected chi connectivity index (χ2v) is 1.86. The zero-order valence-electron chi connectivity index (χ0n) is 5.92. The fraction of sp³-hybridized carbons (Fsp3) is 0.143. The first-order chi connectivity index (χ1) is 5.61. The van der Waals surface area contributed by atoms with Crippen molar-refractivity contribution in [3.63, 3.8) is 0 Å². The van der Waals surface area contributed by atoms with Gasteiger partial charge in [0.05, 0.1) is 5.56 Å². The Kier molecular flexibility index (Phi) is 3.77. The standard InChI is InChI=1S/C7H5F3.N2/c8-7(9,10)6-4-2-1-3-5-6;1-2/h1-5H;. The minimum Gasteiger partial charge on any atom is -0.166 e. The van der Waals surface area contributed by atoms with Crippen molar-refractivity contribution in [1.29, 1.82) is 10.8 Å². The van der Waals surface area contributed by atoms with Gasteiger partial charge in [0.2, 0.25) is 0 Å². The van der Waals surface area contributed by atoms with E-state index in [1.54, 1.807) is 6.07 Å².